The molecule has 1 unspecified atom stereocenters. The van der Waals surface area contributed by atoms with Gasteiger partial charge in [-0.25, -0.2) is 9.07 Å². The van der Waals surface area contributed by atoms with E-state index < -0.39 is 5.60 Å². The van der Waals surface area contributed by atoms with E-state index in [4.69, 9.17) is 0 Å². The molecule has 0 saturated carbocycles. The number of rotatable bonds is 4. The van der Waals surface area contributed by atoms with E-state index in [1.165, 1.54) is 12.1 Å². The van der Waals surface area contributed by atoms with E-state index >= 15 is 0 Å². The predicted molar refractivity (Wildman–Crippen MR) is 105 cm³/mol. The lowest BCUT2D eigenvalue weighted by atomic mass is 9.88. The Hall–Kier alpha value is -2.98. The third-order valence-electron chi connectivity index (χ3n) is 4.89. The largest absolute Gasteiger partial charge is 0.385 e. The predicted octanol–water partition coefficient (Wildman–Crippen LogP) is 4.92. The molecule has 3 nitrogen and oxygen atoms in total. The standard InChI is InChI=1S/C23H21FN2O/c1-16-4-3-5-19(12-16)23(2,27)14-17-6-11-22-18(13-17)15-25-26(22)21-9-7-20(24)8-10-21/h3-13,15,27H,14H2,1-2H3. The van der Waals surface area contributed by atoms with Gasteiger partial charge in [-0.15, -0.1) is 0 Å². The quantitative estimate of drug-likeness (QED) is 0.561. The Labute approximate surface area is 157 Å². The van der Waals surface area contributed by atoms with Gasteiger partial charge in [0, 0.05) is 11.8 Å². The van der Waals surface area contributed by atoms with Gasteiger partial charge in [-0.3, -0.25) is 0 Å². The van der Waals surface area contributed by atoms with E-state index in [9.17, 15) is 9.50 Å². The maximum Gasteiger partial charge on any atom is 0.123 e. The third kappa shape index (κ3) is 3.49. The van der Waals surface area contributed by atoms with Crippen LogP contribution in [-0.2, 0) is 12.0 Å². The smallest absolute Gasteiger partial charge is 0.123 e. The van der Waals surface area contributed by atoms with Crippen molar-refractivity contribution >= 4 is 10.9 Å². The zero-order chi connectivity index (χ0) is 19.0. The minimum atomic E-state index is -0.952. The Balaban J connectivity index is 1.65. The molecule has 0 radical (unpaired) electrons. The van der Waals surface area contributed by atoms with Gasteiger partial charge in [0.25, 0.3) is 0 Å². The third-order valence-corrected chi connectivity index (χ3v) is 4.89. The highest BCUT2D eigenvalue weighted by molar-refractivity contribution is 5.81. The Morgan fingerprint density at radius 1 is 1.04 bits per heavy atom. The summed E-state index contributed by atoms with van der Waals surface area (Å²) in [5.74, 6) is -0.268. The van der Waals surface area contributed by atoms with Crippen LogP contribution in [0.15, 0.2) is 72.9 Å². The molecule has 4 aromatic rings. The molecule has 1 heterocycles. The van der Waals surface area contributed by atoms with Gasteiger partial charge in [-0.1, -0.05) is 35.9 Å². The van der Waals surface area contributed by atoms with Crippen molar-refractivity contribution in [1.29, 1.82) is 0 Å². The monoisotopic (exact) mass is 360 g/mol. The van der Waals surface area contributed by atoms with Crippen LogP contribution < -0.4 is 0 Å². The van der Waals surface area contributed by atoms with Gasteiger partial charge in [-0.05, 0) is 61.4 Å². The van der Waals surface area contributed by atoms with Crippen LogP contribution >= 0.6 is 0 Å². The van der Waals surface area contributed by atoms with Crippen LogP contribution in [-0.4, -0.2) is 14.9 Å². The van der Waals surface area contributed by atoms with Crippen molar-refractivity contribution in [2.45, 2.75) is 25.9 Å². The minimum Gasteiger partial charge on any atom is -0.385 e. The van der Waals surface area contributed by atoms with E-state index in [0.29, 0.717) is 6.42 Å². The van der Waals surface area contributed by atoms with E-state index in [-0.39, 0.29) is 5.82 Å². The SMILES string of the molecule is Cc1cccc(C(C)(O)Cc2ccc3c(cnn3-c3ccc(F)cc3)c2)c1. The van der Waals surface area contributed by atoms with Gasteiger partial charge in [0.1, 0.15) is 5.82 Å². The molecule has 0 aliphatic rings. The zero-order valence-electron chi connectivity index (χ0n) is 15.4. The number of fused-ring (bicyclic) bond motifs is 1. The van der Waals surface area contributed by atoms with E-state index in [1.807, 2.05) is 56.3 Å². The second kappa shape index (κ2) is 6.63. The highest BCUT2D eigenvalue weighted by Gasteiger charge is 2.24. The first-order valence-corrected chi connectivity index (χ1v) is 8.94. The number of aryl methyl sites for hydroxylation is 1. The average molecular weight is 360 g/mol. The fourth-order valence-corrected chi connectivity index (χ4v) is 3.46. The van der Waals surface area contributed by atoms with Crippen LogP contribution in [0.5, 0.6) is 0 Å². The van der Waals surface area contributed by atoms with Crippen LogP contribution in [0.4, 0.5) is 4.39 Å². The van der Waals surface area contributed by atoms with Gasteiger partial charge in [0.2, 0.25) is 0 Å². The molecule has 1 N–H and O–H groups in total. The Morgan fingerprint density at radius 2 is 1.81 bits per heavy atom. The molecule has 1 aromatic heterocycles. The summed E-state index contributed by atoms with van der Waals surface area (Å²) in [6.07, 6.45) is 2.30. The number of benzene rings is 3. The molecular formula is C23H21FN2O. The van der Waals surface area contributed by atoms with Crippen molar-refractivity contribution in [2.75, 3.05) is 0 Å². The minimum absolute atomic E-state index is 0.268. The highest BCUT2D eigenvalue weighted by Crippen LogP contribution is 2.28. The van der Waals surface area contributed by atoms with Crippen molar-refractivity contribution in [2.24, 2.45) is 0 Å². The number of halogens is 1. The molecule has 136 valence electrons. The van der Waals surface area contributed by atoms with Crippen molar-refractivity contribution in [3.63, 3.8) is 0 Å². The zero-order valence-corrected chi connectivity index (χ0v) is 15.4. The second-order valence-electron chi connectivity index (χ2n) is 7.25. The van der Waals surface area contributed by atoms with E-state index in [2.05, 4.69) is 5.10 Å². The van der Waals surface area contributed by atoms with Gasteiger partial charge >= 0.3 is 0 Å². The maximum atomic E-state index is 13.2. The normalized spacial score (nSPS) is 13.6. The maximum absolute atomic E-state index is 13.2. The summed E-state index contributed by atoms with van der Waals surface area (Å²) in [5.41, 5.74) is 3.87. The van der Waals surface area contributed by atoms with Gasteiger partial charge in [0.05, 0.1) is 23.0 Å². The molecule has 0 spiro atoms. The average Bonchev–Trinajstić information content (AvgIpc) is 3.05. The fraction of sp³-hybridized carbons (Fsp3) is 0.174. The Bertz CT molecular complexity index is 1100. The summed E-state index contributed by atoms with van der Waals surface area (Å²) in [4.78, 5) is 0. The summed E-state index contributed by atoms with van der Waals surface area (Å²) in [6, 6.07) is 20.3. The van der Waals surface area contributed by atoms with Crippen molar-refractivity contribution in [1.82, 2.24) is 9.78 Å². The molecule has 27 heavy (non-hydrogen) atoms. The van der Waals surface area contributed by atoms with Crippen LogP contribution in [0, 0.1) is 12.7 Å². The first-order chi connectivity index (χ1) is 12.9. The number of hydrogen-bond acceptors (Lipinski definition) is 2. The second-order valence-corrected chi connectivity index (χ2v) is 7.25. The molecule has 4 rings (SSSR count). The first-order valence-electron chi connectivity index (χ1n) is 8.94. The molecule has 0 aliphatic heterocycles. The molecule has 0 saturated heterocycles. The summed E-state index contributed by atoms with van der Waals surface area (Å²) >= 11 is 0. The van der Waals surface area contributed by atoms with Crippen LogP contribution in [0.25, 0.3) is 16.6 Å². The highest BCUT2D eigenvalue weighted by atomic mass is 19.1. The Morgan fingerprint density at radius 3 is 2.56 bits per heavy atom. The molecule has 0 fully saturated rings. The topological polar surface area (TPSA) is 38.1 Å². The molecule has 1 atom stereocenters. The van der Waals surface area contributed by atoms with Crippen molar-refractivity contribution < 1.29 is 9.50 Å². The summed E-state index contributed by atoms with van der Waals surface area (Å²) < 4.78 is 15.0. The fourth-order valence-electron chi connectivity index (χ4n) is 3.46. The number of aromatic nitrogens is 2. The molecule has 4 heteroatoms. The summed E-state index contributed by atoms with van der Waals surface area (Å²) in [5, 5.41) is 16.4. The summed E-state index contributed by atoms with van der Waals surface area (Å²) in [7, 11) is 0. The van der Waals surface area contributed by atoms with Gasteiger partial charge in [0.15, 0.2) is 0 Å². The molecule has 0 amide bonds. The number of nitrogens with zero attached hydrogens (tertiary/aromatic N) is 2. The van der Waals surface area contributed by atoms with Gasteiger partial charge < -0.3 is 5.11 Å². The molecule has 0 aliphatic carbocycles. The van der Waals surface area contributed by atoms with Crippen molar-refractivity contribution in [3.8, 4) is 5.69 Å². The lowest BCUT2D eigenvalue weighted by molar-refractivity contribution is 0.0576. The van der Waals surface area contributed by atoms with Crippen molar-refractivity contribution in [3.05, 3.63) is 95.4 Å². The van der Waals surface area contributed by atoms with Gasteiger partial charge in [-0.2, -0.15) is 5.10 Å². The number of aliphatic hydroxyl groups is 1. The number of hydrogen-bond donors (Lipinski definition) is 1. The van der Waals surface area contributed by atoms with Crippen LogP contribution in [0.3, 0.4) is 0 Å². The molecular weight excluding hydrogens is 339 g/mol. The first kappa shape index (κ1) is 17.4. The van der Waals surface area contributed by atoms with Crippen LogP contribution in [0.1, 0.15) is 23.6 Å². The lowest BCUT2D eigenvalue weighted by Gasteiger charge is -2.24. The lowest BCUT2D eigenvalue weighted by Crippen LogP contribution is -2.24. The van der Waals surface area contributed by atoms with E-state index in [1.54, 1.807) is 23.0 Å². The molecule has 3 aromatic carbocycles. The Kier molecular flexibility index (Phi) is 4.28. The summed E-state index contributed by atoms with van der Waals surface area (Å²) in [6.45, 7) is 3.86. The van der Waals surface area contributed by atoms with Crippen LogP contribution in [0.2, 0.25) is 0 Å². The van der Waals surface area contributed by atoms with E-state index in [0.717, 1.165) is 33.3 Å². The molecule has 0 bridgehead atoms.